The Morgan fingerprint density at radius 2 is 2.07 bits per heavy atom. The Morgan fingerprint density at radius 1 is 1.38 bits per heavy atom. The number of likely N-dealkylation sites (tertiary alicyclic amines) is 1. The summed E-state index contributed by atoms with van der Waals surface area (Å²) in [5, 5.41) is 7.12. The van der Waals surface area contributed by atoms with E-state index in [1.807, 2.05) is 23.1 Å². The zero-order valence-electron chi connectivity index (χ0n) is 16.2. The fourth-order valence-electron chi connectivity index (χ4n) is 3.25. The number of carboxylic acid groups (broad SMARTS) is 1. The minimum atomic E-state index is -5.08. The monoisotopic (exact) mass is 418 g/mol. The second-order valence-corrected chi connectivity index (χ2v) is 7.03. The maximum Gasteiger partial charge on any atom is 0.490 e. The van der Waals surface area contributed by atoms with Crippen molar-refractivity contribution in [1.29, 1.82) is 0 Å². The molecule has 1 spiro atoms. The minimum Gasteiger partial charge on any atom is -0.477 e. The first-order valence-corrected chi connectivity index (χ1v) is 9.43. The van der Waals surface area contributed by atoms with Gasteiger partial charge < -0.3 is 19.5 Å². The molecule has 1 aromatic heterocycles. The Labute approximate surface area is 166 Å². The van der Waals surface area contributed by atoms with Crippen molar-refractivity contribution >= 4 is 11.9 Å². The number of amides is 1. The summed E-state index contributed by atoms with van der Waals surface area (Å²) in [4.78, 5) is 27.0. The van der Waals surface area contributed by atoms with Crippen molar-refractivity contribution in [1.82, 2.24) is 9.88 Å². The topological polar surface area (TPSA) is 89.0 Å². The number of nitrogens with zero attached hydrogens (tertiary/aromatic N) is 2. The van der Waals surface area contributed by atoms with Crippen LogP contribution in [0.2, 0.25) is 0 Å². The highest BCUT2D eigenvalue weighted by Crippen LogP contribution is 2.40. The molecular weight excluding hydrogens is 393 g/mol. The van der Waals surface area contributed by atoms with Crippen molar-refractivity contribution in [3.8, 4) is 5.88 Å². The number of carboxylic acids is 1. The van der Waals surface area contributed by atoms with E-state index in [2.05, 4.69) is 11.9 Å². The Kier molecular flexibility index (Phi) is 7.83. The molecule has 3 rings (SSSR count). The summed E-state index contributed by atoms with van der Waals surface area (Å²) >= 11 is 0. The maximum atomic E-state index is 12.0. The van der Waals surface area contributed by atoms with Crippen molar-refractivity contribution in [3.63, 3.8) is 0 Å². The molecule has 2 aliphatic rings. The Balaban J connectivity index is 0.000000370. The van der Waals surface area contributed by atoms with E-state index in [1.165, 1.54) is 0 Å². The number of carbonyl (C=O) groups excluding carboxylic acids is 1. The van der Waals surface area contributed by atoms with Gasteiger partial charge in [0.25, 0.3) is 0 Å². The number of hydrogen-bond donors (Lipinski definition) is 1. The van der Waals surface area contributed by atoms with Gasteiger partial charge >= 0.3 is 12.1 Å². The van der Waals surface area contributed by atoms with Crippen LogP contribution in [-0.2, 0) is 14.3 Å². The first kappa shape index (κ1) is 22.9. The molecule has 0 radical (unpaired) electrons. The third-order valence-electron chi connectivity index (χ3n) is 4.93. The molecule has 1 amide bonds. The molecule has 0 aromatic carbocycles. The first-order chi connectivity index (χ1) is 13.7. The zero-order valence-corrected chi connectivity index (χ0v) is 16.2. The van der Waals surface area contributed by atoms with Crippen molar-refractivity contribution in [2.45, 2.75) is 44.4 Å². The summed E-state index contributed by atoms with van der Waals surface area (Å²) in [6.07, 6.45) is 0.316. The molecule has 162 valence electrons. The van der Waals surface area contributed by atoms with Crippen LogP contribution in [0.5, 0.6) is 5.88 Å². The molecule has 1 aromatic rings. The number of unbranched alkanes of at least 4 members (excludes halogenated alkanes) is 1. The molecule has 3 heterocycles. The van der Waals surface area contributed by atoms with E-state index in [0.717, 1.165) is 25.9 Å². The Hall–Kier alpha value is -2.36. The molecule has 0 aliphatic carbocycles. The number of hydrogen-bond acceptors (Lipinski definition) is 5. The number of aliphatic carboxylic acids is 1. The summed E-state index contributed by atoms with van der Waals surface area (Å²) < 4.78 is 43.5. The highest BCUT2D eigenvalue weighted by atomic mass is 19.4. The van der Waals surface area contributed by atoms with E-state index in [4.69, 9.17) is 19.4 Å². The van der Waals surface area contributed by atoms with Crippen LogP contribution in [0.4, 0.5) is 13.2 Å². The van der Waals surface area contributed by atoms with Crippen LogP contribution in [-0.4, -0.2) is 64.9 Å². The van der Waals surface area contributed by atoms with Gasteiger partial charge in [0.2, 0.25) is 11.8 Å². The molecule has 1 atom stereocenters. The van der Waals surface area contributed by atoms with Crippen LogP contribution in [0.15, 0.2) is 24.4 Å². The predicted octanol–water partition coefficient (Wildman–Crippen LogP) is 2.90. The molecular formula is C19H25F3N2O5. The van der Waals surface area contributed by atoms with Crippen LogP contribution >= 0.6 is 0 Å². The van der Waals surface area contributed by atoms with Crippen LogP contribution in [0.1, 0.15) is 32.6 Å². The highest BCUT2D eigenvalue weighted by Gasteiger charge is 2.54. The van der Waals surface area contributed by atoms with Gasteiger partial charge in [-0.15, -0.1) is 0 Å². The molecule has 0 saturated carbocycles. The normalized spacial score (nSPS) is 19.9. The zero-order chi connectivity index (χ0) is 21.5. The van der Waals surface area contributed by atoms with Crippen molar-refractivity contribution in [2.75, 3.05) is 26.3 Å². The number of alkyl halides is 3. The summed E-state index contributed by atoms with van der Waals surface area (Å²) in [6.45, 7) is 4.90. The van der Waals surface area contributed by atoms with Crippen molar-refractivity contribution in [2.24, 2.45) is 5.92 Å². The fourth-order valence-corrected chi connectivity index (χ4v) is 3.25. The second kappa shape index (κ2) is 9.91. The Bertz CT molecular complexity index is 678. The minimum absolute atomic E-state index is 0.184. The van der Waals surface area contributed by atoms with Gasteiger partial charge in [0.1, 0.15) is 5.60 Å². The van der Waals surface area contributed by atoms with E-state index in [0.29, 0.717) is 37.9 Å². The third kappa shape index (κ3) is 6.31. The number of carbonyl (C=O) groups is 2. The van der Waals surface area contributed by atoms with E-state index >= 15 is 0 Å². The third-order valence-corrected chi connectivity index (χ3v) is 4.93. The van der Waals surface area contributed by atoms with Gasteiger partial charge in [-0.3, -0.25) is 4.79 Å². The lowest BCUT2D eigenvalue weighted by Gasteiger charge is -2.50. The number of rotatable bonds is 6. The molecule has 2 fully saturated rings. The van der Waals surface area contributed by atoms with Crippen molar-refractivity contribution in [3.05, 3.63) is 24.4 Å². The average molecular weight is 418 g/mol. The lowest BCUT2D eigenvalue weighted by molar-refractivity contribution is -0.192. The van der Waals surface area contributed by atoms with Gasteiger partial charge in [0, 0.05) is 31.2 Å². The fraction of sp³-hybridized carbons (Fsp3) is 0.632. The van der Waals surface area contributed by atoms with Gasteiger partial charge in [-0.25, -0.2) is 9.78 Å². The number of halogens is 3. The number of pyridine rings is 1. The average Bonchev–Trinajstić information content (AvgIpc) is 3.08. The predicted molar refractivity (Wildman–Crippen MR) is 96.3 cm³/mol. The molecule has 0 bridgehead atoms. The van der Waals surface area contributed by atoms with Crippen LogP contribution in [0, 0.1) is 5.92 Å². The molecule has 2 saturated heterocycles. The molecule has 1 N–H and O–H groups in total. The highest BCUT2D eigenvalue weighted by molar-refractivity contribution is 5.77. The lowest BCUT2D eigenvalue weighted by Crippen LogP contribution is -2.66. The quantitative estimate of drug-likeness (QED) is 0.764. The molecule has 7 nitrogen and oxygen atoms in total. The van der Waals surface area contributed by atoms with Crippen molar-refractivity contribution < 1.29 is 37.3 Å². The maximum absolute atomic E-state index is 12.0. The van der Waals surface area contributed by atoms with Gasteiger partial charge in [-0.05, 0) is 18.9 Å². The van der Waals surface area contributed by atoms with E-state index in [9.17, 15) is 18.0 Å². The summed E-state index contributed by atoms with van der Waals surface area (Å²) in [5.41, 5.74) is -0.184. The SMILES string of the molecule is CCCCC(=O)N1CC2(C1)OCCC2COc1ccccn1.O=C(O)C(F)(F)F. The molecule has 2 aliphatic heterocycles. The van der Waals surface area contributed by atoms with Crippen LogP contribution in [0.3, 0.4) is 0 Å². The number of aromatic nitrogens is 1. The summed E-state index contributed by atoms with van der Waals surface area (Å²) in [6, 6.07) is 5.66. The van der Waals surface area contributed by atoms with Crippen LogP contribution in [0.25, 0.3) is 0 Å². The summed E-state index contributed by atoms with van der Waals surface area (Å²) in [7, 11) is 0. The Morgan fingerprint density at radius 3 is 2.62 bits per heavy atom. The van der Waals surface area contributed by atoms with E-state index < -0.39 is 12.1 Å². The van der Waals surface area contributed by atoms with Gasteiger partial charge in [-0.1, -0.05) is 19.4 Å². The van der Waals surface area contributed by atoms with E-state index in [-0.39, 0.29) is 11.5 Å². The van der Waals surface area contributed by atoms with Crippen LogP contribution < -0.4 is 4.74 Å². The largest absolute Gasteiger partial charge is 0.490 e. The van der Waals surface area contributed by atoms with E-state index in [1.54, 1.807) is 6.20 Å². The first-order valence-electron chi connectivity index (χ1n) is 9.43. The van der Waals surface area contributed by atoms with Gasteiger partial charge in [-0.2, -0.15) is 13.2 Å². The van der Waals surface area contributed by atoms with Gasteiger partial charge in [0.15, 0.2) is 0 Å². The second-order valence-electron chi connectivity index (χ2n) is 7.03. The standard InChI is InChI=1S/C17H24N2O3.C2HF3O2/c1-2-3-7-16(20)19-12-17(13-19)14(8-10-22-17)11-21-15-6-4-5-9-18-15;3-2(4,5)1(6)7/h4-6,9,14H,2-3,7-8,10-13H2,1H3;(H,6,7). The molecule has 29 heavy (non-hydrogen) atoms. The van der Waals surface area contributed by atoms with Gasteiger partial charge in [0.05, 0.1) is 19.7 Å². The molecule has 1 unspecified atom stereocenters. The smallest absolute Gasteiger partial charge is 0.477 e. The number of ether oxygens (including phenoxy) is 2. The lowest BCUT2D eigenvalue weighted by atomic mass is 9.81. The summed E-state index contributed by atoms with van der Waals surface area (Å²) in [5.74, 6) is -1.51. The molecule has 10 heteroatoms.